The van der Waals surface area contributed by atoms with E-state index >= 15 is 0 Å². The van der Waals surface area contributed by atoms with Gasteiger partial charge in [0.25, 0.3) is 0 Å². The molecule has 0 saturated carbocycles. The van der Waals surface area contributed by atoms with E-state index in [2.05, 4.69) is 29.6 Å². The Hall–Kier alpha value is -2.90. The minimum atomic E-state index is -0.458. The van der Waals surface area contributed by atoms with Gasteiger partial charge in [-0.15, -0.1) is 0 Å². The predicted octanol–water partition coefficient (Wildman–Crippen LogP) is 3.90. The maximum absolute atomic E-state index is 12.1. The summed E-state index contributed by atoms with van der Waals surface area (Å²) >= 11 is 0. The van der Waals surface area contributed by atoms with Crippen molar-refractivity contribution in [2.75, 3.05) is 46.2 Å². The third-order valence-electron chi connectivity index (χ3n) is 5.18. The molecule has 1 N–H and O–H groups in total. The van der Waals surface area contributed by atoms with E-state index in [9.17, 15) is 9.59 Å². The average molecular weight is 442 g/mol. The van der Waals surface area contributed by atoms with Gasteiger partial charge in [0, 0.05) is 18.9 Å². The Labute approximate surface area is 189 Å². The van der Waals surface area contributed by atoms with Gasteiger partial charge in [-0.2, -0.15) is 0 Å². The SMILES string of the molecule is CCCC(=O)OCCOCCOCCNC(=O)OCC1c2ccccc2-c2ccccc21. The molecule has 0 aliphatic heterocycles. The highest BCUT2D eigenvalue weighted by Crippen LogP contribution is 2.44. The molecule has 2 aromatic rings. The fourth-order valence-corrected chi connectivity index (χ4v) is 3.69. The maximum atomic E-state index is 12.1. The molecule has 3 rings (SSSR count). The highest BCUT2D eigenvalue weighted by atomic mass is 16.6. The highest BCUT2D eigenvalue weighted by molar-refractivity contribution is 5.79. The summed E-state index contributed by atoms with van der Waals surface area (Å²) in [5, 5.41) is 2.71. The summed E-state index contributed by atoms with van der Waals surface area (Å²) in [6.07, 6.45) is 0.748. The van der Waals surface area contributed by atoms with Crippen LogP contribution < -0.4 is 5.32 Å². The summed E-state index contributed by atoms with van der Waals surface area (Å²) in [5.41, 5.74) is 4.77. The first-order chi connectivity index (χ1) is 15.7. The van der Waals surface area contributed by atoms with Crippen molar-refractivity contribution < 1.29 is 28.5 Å². The molecule has 1 aliphatic rings. The van der Waals surface area contributed by atoms with Gasteiger partial charge >= 0.3 is 12.1 Å². The summed E-state index contributed by atoms with van der Waals surface area (Å²) in [7, 11) is 0. The van der Waals surface area contributed by atoms with Gasteiger partial charge in [0.2, 0.25) is 0 Å². The van der Waals surface area contributed by atoms with Crippen molar-refractivity contribution in [1.82, 2.24) is 5.32 Å². The van der Waals surface area contributed by atoms with Crippen molar-refractivity contribution in [3.8, 4) is 11.1 Å². The van der Waals surface area contributed by atoms with E-state index in [1.807, 2.05) is 31.2 Å². The van der Waals surface area contributed by atoms with Gasteiger partial charge < -0.3 is 24.3 Å². The first kappa shape index (κ1) is 23.8. The van der Waals surface area contributed by atoms with Gasteiger partial charge in [0.05, 0.1) is 26.4 Å². The van der Waals surface area contributed by atoms with E-state index in [4.69, 9.17) is 18.9 Å². The van der Waals surface area contributed by atoms with Crippen molar-refractivity contribution in [2.24, 2.45) is 0 Å². The van der Waals surface area contributed by atoms with Gasteiger partial charge in [0.15, 0.2) is 0 Å². The van der Waals surface area contributed by atoms with Crippen molar-refractivity contribution >= 4 is 12.1 Å². The quantitative estimate of drug-likeness (QED) is 0.375. The fraction of sp³-hybridized carbons (Fsp3) is 0.440. The van der Waals surface area contributed by atoms with E-state index < -0.39 is 6.09 Å². The first-order valence-electron chi connectivity index (χ1n) is 11.1. The number of alkyl carbamates (subject to hydrolysis) is 1. The predicted molar refractivity (Wildman–Crippen MR) is 121 cm³/mol. The second-order valence-electron chi connectivity index (χ2n) is 7.45. The standard InChI is InChI=1S/C25H31NO6/c1-2-7-24(27)31-17-16-30-15-14-29-13-12-26-25(28)32-18-23-21-10-5-3-8-19(21)20-9-4-6-11-22(20)23/h3-6,8-11,23H,2,7,12-18H2,1H3,(H,26,28). The second kappa shape index (κ2) is 12.8. The number of carbonyl (C=O) groups is 2. The molecule has 1 aliphatic carbocycles. The molecule has 0 spiro atoms. The van der Waals surface area contributed by atoms with E-state index in [1.54, 1.807) is 0 Å². The number of carbonyl (C=O) groups excluding carboxylic acids is 2. The van der Waals surface area contributed by atoms with Gasteiger partial charge in [-0.05, 0) is 28.7 Å². The molecule has 2 aromatic carbocycles. The number of ether oxygens (including phenoxy) is 4. The van der Waals surface area contributed by atoms with Gasteiger partial charge in [-0.25, -0.2) is 4.79 Å². The zero-order chi connectivity index (χ0) is 22.6. The lowest BCUT2D eigenvalue weighted by molar-refractivity contribution is -0.145. The maximum Gasteiger partial charge on any atom is 0.407 e. The summed E-state index contributed by atoms with van der Waals surface area (Å²) in [4.78, 5) is 23.3. The van der Waals surface area contributed by atoms with Crippen LogP contribution in [0, 0.1) is 0 Å². The normalized spacial score (nSPS) is 12.2. The molecule has 0 bridgehead atoms. The van der Waals surface area contributed by atoms with Crippen LogP contribution in [0.3, 0.4) is 0 Å². The van der Waals surface area contributed by atoms with Crippen LogP contribution in [0.15, 0.2) is 48.5 Å². The molecule has 32 heavy (non-hydrogen) atoms. The number of fused-ring (bicyclic) bond motifs is 3. The van der Waals surface area contributed by atoms with Crippen LogP contribution in [0.5, 0.6) is 0 Å². The summed E-state index contributed by atoms with van der Waals surface area (Å²) in [6, 6.07) is 16.5. The van der Waals surface area contributed by atoms with E-state index in [0.29, 0.717) is 39.4 Å². The molecular weight excluding hydrogens is 410 g/mol. The smallest absolute Gasteiger partial charge is 0.407 e. The van der Waals surface area contributed by atoms with Crippen molar-refractivity contribution in [3.05, 3.63) is 59.7 Å². The Kier molecular flexibility index (Phi) is 9.53. The second-order valence-corrected chi connectivity index (χ2v) is 7.45. The Bertz CT molecular complexity index is 839. The average Bonchev–Trinajstić information content (AvgIpc) is 3.13. The molecule has 0 saturated heterocycles. The lowest BCUT2D eigenvalue weighted by atomic mass is 9.98. The molecule has 0 fully saturated rings. The number of rotatable bonds is 13. The number of nitrogens with one attached hydrogen (secondary N) is 1. The molecule has 0 heterocycles. The van der Waals surface area contributed by atoms with Crippen LogP contribution in [0.25, 0.3) is 11.1 Å². The lowest BCUT2D eigenvalue weighted by Crippen LogP contribution is -2.29. The monoisotopic (exact) mass is 441 g/mol. The molecule has 0 aromatic heterocycles. The third kappa shape index (κ3) is 6.80. The van der Waals surface area contributed by atoms with Crippen LogP contribution >= 0.6 is 0 Å². The fourth-order valence-electron chi connectivity index (χ4n) is 3.69. The minimum absolute atomic E-state index is 0.0443. The first-order valence-corrected chi connectivity index (χ1v) is 11.1. The molecule has 172 valence electrons. The van der Waals surface area contributed by atoms with E-state index in [-0.39, 0.29) is 25.1 Å². The number of esters is 1. The number of amides is 1. The van der Waals surface area contributed by atoms with Gasteiger partial charge in [0.1, 0.15) is 13.2 Å². The largest absolute Gasteiger partial charge is 0.463 e. The Morgan fingerprint density at radius 3 is 2.06 bits per heavy atom. The van der Waals surface area contributed by atoms with Gasteiger partial charge in [-0.1, -0.05) is 55.5 Å². The topological polar surface area (TPSA) is 83.1 Å². The number of hydrogen-bond acceptors (Lipinski definition) is 6. The molecule has 0 unspecified atom stereocenters. The zero-order valence-electron chi connectivity index (χ0n) is 18.5. The Morgan fingerprint density at radius 2 is 1.41 bits per heavy atom. The Morgan fingerprint density at radius 1 is 0.812 bits per heavy atom. The molecule has 7 nitrogen and oxygen atoms in total. The minimum Gasteiger partial charge on any atom is -0.463 e. The zero-order valence-corrected chi connectivity index (χ0v) is 18.5. The highest BCUT2D eigenvalue weighted by Gasteiger charge is 2.28. The van der Waals surface area contributed by atoms with Crippen LogP contribution in [-0.2, 0) is 23.7 Å². The molecule has 7 heteroatoms. The van der Waals surface area contributed by atoms with Gasteiger partial charge in [-0.3, -0.25) is 4.79 Å². The van der Waals surface area contributed by atoms with E-state index in [1.165, 1.54) is 22.3 Å². The molecule has 0 radical (unpaired) electrons. The lowest BCUT2D eigenvalue weighted by Gasteiger charge is -2.14. The number of hydrogen-bond donors (Lipinski definition) is 1. The van der Waals surface area contributed by atoms with Crippen LogP contribution in [0.4, 0.5) is 4.79 Å². The third-order valence-corrected chi connectivity index (χ3v) is 5.18. The van der Waals surface area contributed by atoms with Crippen LogP contribution in [0.2, 0.25) is 0 Å². The van der Waals surface area contributed by atoms with Crippen LogP contribution in [0.1, 0.15) is 36.8 Å². The summed E-state index contributed by atoms with van der Waals surface area (Å²) < 4.78 is 21.2. The number of benzene rings is 2. The van der Waals surface area contributed by atoms with E-state index in [0.717, 1.165) is 6.42 Å². The van der Waals surface area contributed by atoms with Crippen LogP contribution in [-0.4, -0.2) is 58.2 Å². The molecular formula is C25H31NO6. The summed E-state index contributed by atoms with van der Waals surface area (Å²) in [5.74, 6) is -0.158. The molecule has 0 atom stereocenters. The van der Waals surface area contributed by atoms with Crippen molar-refractivity contribution in [3.63, 3.8) is 0 Å². The molecule has 1 amide bonds. The Balaban J connectivity index is 1.26. The summed E-state index contributed by atoms with van der Waals surface area (Å²) in [6.45, 7) is 4.32. The van der Waals surface area contributed by atoms with Crippen molar-refractivity contribution in [1.29, 1.82) is 0 Å². The van der Waals surface area contributed by atoms with Crippen molar-refractivity contribution in [2.45, 2.75) is 25.7 Å².